The number of imide groups is 1. The van der Waals surface area contributed by atoms with Crippen LogP contribution in [0, 0.1) is 5.82 Å². The molecule has 0 spiro atoms. The molecule has 4 aromatic rings. The van der Waals surface area contributed by atoms with Crippen molar-refractivity contribution in [1.82, 2.24) is 4.90 Å². The van der Waals surface area contributed by atoms with Crippen LogP contribution in [0.1, 0.15) is 11.1 Å². The third kappa shape index (κ3) is 5.70. The third-order valence-corrected chi connectivity index (χ3v) is 6.64. The van der Waals surface area contributed by atoms with Crippen molar-refractivity contribution < 1.29 is 23.5 Å². The Balaban J connectivity index is 1.25. The van der Waals surface area contributed by atoms with Crippen molar-refractivity contribution >= 4 is 51.4 Å². The van der Waals surface area contributed by atoms with Crippen molar-refractivity contribution in [2.45, 2.75) is 6.61 Å². The highest BCUT2D eigenvalue weighted by Crippen LogP contribution is 2.32. The number of nitrogens with one attached hydrogen (secondary N) is 1. The molecule has 8 heteroatoms. The normalized spacial score (nSPS) is 14.4. The molecule has 6 nitrogen and oxygen atoms in total. The molecule has 0 aromatic heterocycles. The Morgan fingerprint density at radius 1 is 0.946 bits per heavy atom. The van der Waals surface area contributed by atoms with Gasteiger partial charge < -0.3 is 10.1 Å². The minimum absolute atomic E-state index is 0.214. The van der Waals surface area contributed by atoms with Crippen LogP contribution in [0.3, 0.4) is 0 Å². The predicted octanol–water partition coefficient (Wildman–Crippen LogP) is 6.23. The molecule has 1 heterocycles. The van der Waals surface area contributed by atoms with E-state index in [1.165, 1.54) is 24.3 Å². The van der Waals surface area contributed by atoms with Crippen LogP contribution in [-0.4, -0.2) is 28.5 Å². The van der Waals surface area contributed by atoms with E-state index < -0.39 is 29.4 Å². The highest BCUT2D eigenvalue weighted by molar-refractivity contribution is 8.18. The summed E-state index contributed by atoms with van der Waals surface area (Å²) in [5, 5.41) is 4.28. The zero-order chi connectivity index (χ0) is 25.8. The van der Waals surface area contributed by atoms with Gasteiger partial charge in [-0.25, -0.2) is 4.39 Å². The lowest BCUT2D eigenvalue weighted by molar-refractivity contribution is -0.127. The van der Waals surface area contributed by atoms with Gasteiger partial charge in [0.25, 0.3) is 11.1 Å². The number of anilines is 1. The second-order valence-corrected chi connectivity index (χ2v) is 9.32. The molecule has 0 saturated carbocycles. The summed E-state index contributed by atoms with van der Waals surface area (Å²) in [7, 11) is 0. The number of carbonyl (C=O) groups excluding carboxylic acids is 3. The summed E-state index contributed by atoms with van der Waals surface area (Å²) in [6.07, 6.45) is 1.60. The first-order valence-electron chi connectivity index (χ1n) is 11.5. The van der Waals surface area contributed by atoms with Gasteiger partial charge >= 0.3 is 0 Å². The molecular formula is C29H21FN2O4S. The Hall–Kier alpha value is -4.43. The Morgan fingerprint density at radius 3 is 2.54 bits per heavy atom. The van der Waals surface area contributed by atoms with Gasteiger partial charge in [-0.05, 0) is 76.1 Å². The second kappa shape index (κ2) is 10.7. The number of benzene rings is 4. The smallest absolute Gasteiger partial charge is 0.294 e. The first-order chi connectivity index (χ1) is 18.0. The number of amides is 3. The van der Waals surface area contributed by atoms with E-state index in [9.17, 15) is 18.8 Å². The number of halogens is 1. The molecule has 1 N–H and O–H groups in total. The van der Waals surface area contributed by atoms with Gasteiger partial charge in [-0.1, -0.05) is 54.6 Å². The number of thioether (sulfide) groups is 1. The summed E-state index contributed by atoms with van der Waals surface area (Å²) in [5.41, 5.74) is 2.12. The van der Waals surface area contributed by atoms with E-state index in [1.54, 1.807) is 18.2 Å². The van der Waals surface area contributed by atoms with Crippen molar-refractivity contribution in [2.24, 2.45) is 0 Å². The predicted molar refractivity (Wildman–Crippen MR) is 142 cm³/mol. The number of carbonyl (C=O) groups is 3. The summed E-state index contributed by atoms with van der Waals surface area (Å²) in [5.74, 6) is -0.915. The number of fused-ring (bicyclic) bond motifs is 1. The van der Waals surface area contributed by atoms with Gasteiger partial charge in [0, 0.05) is 5.69 Å². The molecule has 37 heavy (non-hydrogen) atoms. The van der Waals surface area contributed by atoms with Crippen molar-refractivity contribution in [3.8, 4) is 5.75 Å². The summed E-state index contributed by atoms with van der Waals surface area (Å²) in [6, 6.07) is 26.6. The van der Waals surface area contributed by atoms with E-state index in [4.69, 9.17) is 4.74 Å². The summed E-state index contributed by atoms with van der Waals surface area (Å²) >= 11 is 0.772. The van der Waals surface area contributed by atoms with Gasteiger partial charge in [0.1, 0.15) is 24.7 Å². The molecule has 4 aromatic carbocycles. The number of hydrogen-bond acceptors (Lipinski definition) is 5. The molecule has 1 fully saturated rings. The minimum Gasteiger partial charge on any atom is -0.489 e. The second-order valence-electron chi connectivity index (χ2n) is 8.32. The van der Waals surface area contributed by atoms with Crippen LogP contribution in [0.25, 0.3) is 16.8 Å². The monoisotopic (exact) mass is 512 g/mol. The van der Waals surface area contributed by atoms with E-state index in [0.717, 1.165) is 33.0 Å². The van der Waals surface area contributed by atoms with Crippen molar-refractivity contribution in [2.75, 3.05) is 11.9 Å². The lowest BCUT2D eigenvalue weighted by Gasteiger charge is -2.12. The molecule has 3 amide bonds. The number of ether oxygens (including phenoxy) is 1. The van der Waals surface area contributed by atoms with Gasteiger partial charge in [0.2, 0.25) is 5.91 Å². The van der Waals surface area contributed by atoms with E-state index in [-0.39, 0.29) is 4.91 Å². The molecule has 0 bridgehead atoms. The fourth-order valence-electron chi connectivity index (χ4n) is 3.94. The van der Waals surface area contributed by atoms with Gasteiger partial charge in [0.05, 0.1) is 4.91 Å². The first-order valence-corrected chi connectivity index (χ1v) is 12.3. The van der Waals surface area contributed by atoms with Crippen LogP contribution < -0.4 is 10.1 Å². The maximum atomic E-state index is 13.1. The Morgan fingerprint density at radius 2 is 1.70 bits per heavy atom. The summed E-state index contributed by atoms with van der Waals surface area (Å²) < 4.78 is 19.1. The highest BCUT2D eigenvalue weighted by Gasteiger charge is 2.36. The van der Waals surface area contributed by atoms with E-state index in [1.807, 2.05) is 36.4 Å². The summed E-state index contributed by atoms with van der Waals surface area (Å²) in [4.78, 5) is 38.7. The highest BCUT2D eigenvalue weighted by atomic mass is 32.2. The summed E-state index contributed by atoms with van der Waals surface area (Å²) in [6.45, 7) is -0.0575. The standard InChI is InChI=1S/C29H21FN2O4S/c30-22-11-13-23(14-12-22)31-27(33)17-32-28(34)26(37-29(32)35)16-19-5-3-9-24(15-19)36-18-21-8-4-7-20-6-1-2-10-25(20)21/h1-16H,17-18H2,(H,31,33)/b26-16+. The molecule has 1 aliphatic rings. The van der Waals surface area contributed by atoms with Crippen LogP contribution in [0.4, 0.5) is 14.9 Å². The van der Waals surface area contributed by atoms with Crippen LogP contribution in [0.5, 0.6) is 5.75 Å². The number of rotatable bonds is 7. The quantitative estimate of drug-likeness (QED) is 0.297. The van der Waals surface area contributed by atoms with Crippen molar-refractivity contribution in [3.63, 3.8) is 0 Å². The lowest BCUT2D eigenvalue weighted by atomic mass is 10.1. The minimum atomic E-state index is -0.556. The van der Waals surface area contributed by atoms with Crippen LogP contribution in [0.2, 0.25) is 0 Å². The molecule has 1 aliphatic heterocycles. The molecule has 184 valence electrons. The molecule has 0 atom stereocenters. The average molecular weight is 513 g/mol. The molecular weight excluding hydrogens is 491 g/mol. The molecule has 0 aliphatic carbocycles. The fourth-order valence-corrected chi connectivity index (χ4v) is 4.78. The van der Waals surface area contributed by atoms with Gasteiger partial charge in [0.15, 0.2) is 0 Å². The fraction of sp³-hybridized carbons (Fsp3) is 0.0690. The van der Waals surface area contributed by atoms with Crippen LogP contribution in [0.15, 0.2) is 95.9 Å². The topological polar surface area (TPSA) is 75.7 Å². The number of nitrogens with zero attached hydrogens (tertiary/aromatic N) is 1. The largest absolute Gasteiger partial charge is 0.489 e. The molecule has 0 radical (unpaired) electrons. The average Bonchev–Trinajstić information content (AvgIpc) is 3.16. The third-order valence-electron chi connectivity index (χ3n) is 5.73. The maximum absolute atomic E-state index is 13.1. The first kappa shape index (κ1) is 24.3. The van der Waals surface area contributed by atoms with Crippen molar-refractivity contribution in [3.05, 3.63) is 113 Å². The Bertz CT molecular complexity index is 1530. The SMILES string of the molecule is O=C(CN1C(=O)S/C(=C/c2cccc(OCc3cccc4ccccc34)c2)C1=O)Nc1ccc(F)cc1. The Kier molecular flexibility index (Phi) is 7.00. The Labute approximate surface area is 216 Å². The van der Waals surface area contributed by atoms with Crippen LogP contribution >= 0.6 is 11.8 Å². The van der Waals surface area contributed by atoms with Gasteiger partial charge in [-0.2, -0.15) is 0 Å². The number of hydrogen-bond donors (Lipinski definition) is 1. The van der Waals surface area contributed by atoms with Crippen LogP contribution in [-0.2, 0) is 16.2 Å². The molecule has 0 unspecified atom stereocenters. The zero-order valence-corrected chi connectivity index (χ0v) is 20.3. The van der Waals surface area contributed by atoms with E-state index in [2.05, 4.69) is 23.5 Å². The van der Waals surface area contributed by atoms with E-state index in [0.29, 0.717) is 23.6 Å². The van der Waals surface area contributed by atoms with Crippen molar-refractivity contribution in [1.29, 1.82) is 0 Å². The lowest BCUT2D eigenvalue weighted by Crippen LogP contribution is -2.36. The zero-order valence-electron chi connectivity index (χ0n) is 19.5. The van der Waals surface area contributed by atoms with E-state index >= 15 is 0 Å². The maximum Gasteiger partial charge on any atom is 0.294 e. The molecule has 5 rings (SSSR count). The van der Waals surface area contributed by atoms with Gasteiger partial charge in [-0.15, -0.1) is 0 Å². The van der Waals surface area contributed by atoms with Gasteiger partial charge in [-0.3, -0.25) is 19.3 Å². The molecule has 1 saturated heterocycles.